The largest absolute Gasteiger partial charge is 0.504 e. The van der Waals surface area contributed by atoms with E-state index in [0.29, 0.717) is 16.8 Å². The lowest BCUT2D eigenvalue weighted by Crippen LogP contribution is -2.19. The summed E-state index contributed by atoms with van der Waals surface area (Å²) in [5, 5.41) is 30.4. The summed E-state index contributed by atoms with van der Waals surface area (Å²) in [5.41, 5.74) is 1.53. The first-order valence-corrected chi connectivity index (χ1v) is 5.93. The highest BCUT2D eigenvalue weighted by Crippen LogP contribution is 2.36. The molecule has 0 radical (unpaired) electrons. The molecular weight excluding hydrogens is 232 g/mol. The average Bonchev–Trinajstić information content (AvgIpc) is 3.10. The van der Waals surface area contributed by atoms with Crippen LogP contribution in [0, 0.1) is 5.41 Å². The van der Waals surface area contributed by atoms with E-state index in [0.717, 1.165) is 0 Å². The van der Waals surface area contributed by atoms with Gasteiger partial charge in [-0.05, 0) is 25.1 Å². The van der Waals surface area contributed by atoms with Gasteiger partial charge < -0.3 is 20.4 Å². The molecule has 4 N–H and O–H groups in total. The van der Waals surface area contributed by atoms with Crippen molar-refractivity contribution in [3.8, 4) is 11.5 Å². The number of likely N-dealkylation sites (N-methyl/N-ethyl adjacent to an activating group) is 1. The summed E-state index contributed by atoms with van der Waals surface area (Å²) in [5.74, 6) is -0.227. The van der Waals surface area contributed by atoms with Gasteiger partial charge in [-0.15, -0.1) is 0 Å². The van der Waals surface area contributed by atoms with Crippen molar-refractivity contribution in [1.29, 1.82) is 5.41 Å². The van der Waals surface area contributed by atoms with E-state index in [9.17, 15) is 10.2 Å². The highest BCUT2D eigenvalue weighted by Gasteiger charge is 2.41. The summed E-state index contributed by atoms with van der Waals surface area (Å²) in [6.45, 7) is 3.85. The fourth-order valence-corrected chi connectivity index (χ4v) is 1.95. The van der Waals surface area contributed by atoms with Gasteiger partial charge in [0.15, 0.2) is 11.5 Å². The molecule has 0 aliphatic carbocycles. The Balaban J connectivity index is 2.32. The topological polar surface area (TPSA) is 88.9 Å². The molecule has 2 unspecified atom stereocenters. The van der Waals surface area contributed by atoms with Gasteiger partial charge >= 0.3 is 0 Å². The molecule has 18 heavy (non-hydrogen) atoms. The second-order valence-electron chi connectivity index (χ2n) is 4.77. The van der Waals surface area contributed by atoms with Gasteiger partial charge in [0.25, 0.3) is 0 Å². The summed E-state index contributed by atoms with van der Waals surface area (Å²) in [6, 6.07) is 3.13. The third-order valence-electron chi connectivity index (χ3n) is 3.11. The van der Waals surface area contributed by atoms with E-state index in [-0.39, 0.29) is 29.7 Å². The fraction of sp³-hybridized carbons (Fsp3) is 0.462. The van der Waals surface area contributed by atoms with Crippen molar-refractivity contribution in [3.05, 3.63) is 23.3 Å². The number of phenols is 2. The van der Waals surface area contributed by atoms with Gasteiger partial charge in [0.2, 0.25) is 0 Å². The van der Waals surface area contributed by atoms with Crippen LogP contribution in [0.25, 0.3) is 0 Å². The molecule has 1 saturated heterocycles. The van der Waals surface area contributed by atoms with Gasteiger partial charge in [-0.3, -0.25) is 5.32 Å². The Hall–Kier alpha value is -1.59. The van der Waals surface area contributed by atoms with Crippen molar-refractivity contribution < 1.29 is 14.9 Å². The number of benzene rings is 1. The fourth-order valence-electron chi connectivity index (χ4n) is 1.95. The molecule has 5 nitrogen and oxygen atoms in total. The number of epoxide rings is 1. The number of ether oxygens (including phenoxy) is 1. The Morgan fingerprint density at radius 2 is 2.06 bits per heavy atom. The van der Waals surface area contributed by atoms with Crippen LogP contribution in [0.3, 0.4) is 0 Å². The predicted octanol–water partition coefficient (Wildman–Crippen LogP) is 1.53. The van der Waals surface area contributed by atoms with Crippen LogP contribution >= 0.6 is 0 Å². The van der Waals surface area contributed by atoms with Gasteiger partial charge in [0.1, 0.15) is 12.3 Å². The summed E-state index contributed by atoms with van der Waals surface area (Å²) in [7, 11) is 1.77. The van der Waals surface area contributed by atoms with Crippen LogP contribution in [0.4, 0.5) is 0 Å². The van der Waals surface area contributed by atoms with E-state index in [2.05, 4.69) is 5.32 Å². The summed E-state index contributed by atoms with van der Waals surface area (Å²) in [6.07, 6.45) is -0.407. The minimum atomic E-state index is -0.279. The quantitative estimate of drug-likeness (QED) is 0.371. The number of phenolic OH excluding ortho intramolecular Hbond substituents is 2. The molecule has 5 heteroatoms. The maximum atomic E-state index is 9.76. The minimum absolute atomic E-state index is 0.0730. The van der Waals surface area contributed by atoms with Crippen molar-refractivity contribution in [1.82, 2.24) is 5.32 Å². The molecular formula is C13H18N2O3. The first kappa shape index (κ1) is 12.9. The monoisotopic (exact) mass is 250 g/mol. The molecule has 0 bridgehead atoms. The summed E-state index contributed by atoms with van der Waals surface area (Å²) in [4.78, 5) is 0. The normalized spacial score (nSPS) is 22.2. The second kappa shape index (κ2) is 4.59. The Bertz CT molecular complexity index is 485. The lowest BCUT2D eigenvalue weighted by molar-refractivity contribution is 0.372. The highest BCUT2D eigenvalue weighted by molar-refractivity contribution is 6.04. The molecule has 0 saturated carbocycles. The van der Waals surface area contributed by atoms with Gasteiger partial charge in [0.05, 0.1) is 5.71 Å². The van der Waals surface area contributed by atoms with Crippen LogP contribution in [-0.2, 0) is 4.74 Å². The molecule has 1 aliphatic rings. The van der Waals surface area contributed by atoms with Crippen molar-refractivity contribution in [3.63, 3.8) is 0 Å². The van der Waals surface area contributed by atoms with Gasteiger partial charge in [-0.2, -0.15) is 0 Å². The molecule has 1 heterocycles. The standard InChI is InChI=1S/C13H18N2O3/c1-6(2)8-4-7(5-9(16)11(8)17)10(14)12-13(15-3)18-12/h4-6,12-17H,1-3H3. The van der Waals surface area contributed by atoms with Crippen molar-refractivity contribution in [2.45, 2.75) is 32.1 Å². The Morgan fingerprint density at radius 3 is 2.56 bits per heavy atom. The van der Waals surface area contributed by atoms with E-state index in [1.807, 2.05) is 13.8 Å². The van der Waals surface area contributed by atoms with Crippen LogP contribution in [0.2, 0.25) is 0 Å². The molecule has 98 valence electrons. The lowest BCUT2D eigenvalue weighted by atomic mass is 9.96. The Labute approximate surface area is 106 Å². The Kier molecular flexibility index (Phi) is 3.28. The SMILES string of the molecule is CNC1OC1C(=N)c1cc(O)c(O)c(C(C)C)c1. The zero-order chi connectivity index (χ0) is 13.4. The molecule has 0 spiro atoms. The van der Waals surface area contributed by atoms with Gasteiger partial charge in [-0.25, -0.2) is 0 Å². The van der Waals surface area contributed by atoms with Gasteiger partial charge in [0, 0.05) is 11.1 Å². The number of rotatable bonds is 4. The summed E-state index contributed by atoms with van der Waals surface area (Å²) < 4.78 is 5.27. The molecule has 1 aromatic carbocycles. The number of hydrogen-bond donors (Lipinski definition) is 4. The van der Waals surface area contributed by atoms with E-state index < -0.39 is 0 Å². The Morgan fingerprint density at radius 1 is 1.39 bits per heavy atom. The smallest absolute Gasteiger partial charge is 0.160 e. The maximum absolute atomic E-state index is 9.76. The van der Waals surface area contributed by atoms with Gasteiger partial charge in [-0.1, -0.05) is 13.8 Å². The molecule has 2 atom stereocenters. The van der Waals surface area contributed by atoms with Crippen LogP contribution in [0.5, 0.6) is 11.5 Å². The van der Waals surface area contributed by atoms with E-state index >= 15 is 0 Å². The first-order chi connectivity index (χ1) is 8.45. The molecule has 2 rings (SSSR count). The minimum Gasteiger partial charge on any atom is -0.504 e. The molecule has 1 fully saturated rings. The van der Waals surface area contributed by atoms with Crippen molar-refractivity contribution in [2.24, 2.45) is 0 Å². The lowest BCUT2D eigenvalue weighted by Gasteiger charge is -2.12. The predicted molar refractivity (Wildman–Crippen MR) is 68.4 cm³/mol. The average molecular weight is 250 g/mol. The number of hydrogen-bond acceptors (Lipinski definition) is 5. The zero-order valence-corrected chi connectivity index (χ0v) is 10.7. The maximum Gasteiger partial charge on any atom is 0.160 e. The van der Waals surface area contributed by atoms with Crippen LogP contribution in [-0.4, -0.2) is 35.3 Å². The molecule has 0 aromatic heterocycles. The molecule has 1 aromatic rings. The third-order valence-corrected chi connectivity index (χ3v) is 3.11. The zero-order valence-electron chi connectivity index (χ0n) is 10.7. The van der Waals surface area contributed by atoms with E-state index in [1.54, 1.807) is 13.1 Å². The highest BCUT2D eigenvalue weighted by atomic mass is 16.6. The third kappa shape index (κ3) is 2.19. The van der Waals surface area contributed by atoms with Crippen LogP contribution in [0.1, 0.15) is 30.9 Å². The second-order valence-corrected chi connectivity index (χ2v) is 4.77. The van der Waals surface area contributed by atoms with Crippen LogP contribution < -0.4 is 5.32 Å². The van der Waals surface area contributed by atoms with E-state index in [1.165, 1.54) is 6.07 Å². The number of aromatic hydroxyl groups is 2. The number of nitrogens with one attached hydrogen (secondary N) is 2. The molecule has 0 amide bonds. The van der Waals surface area contributed by atoms with Crippen molar-refractivity contribution >= 4 is 5.71 Å². The van der Waals surface area contributed by atoms with Crippen molar-refractivity contribution in [2.75, 3.05) is 7.05 Å². The molecule has 1 aliphatic heterocycles. The van der Waals surface area contributed by atoms with E-state index in [4.69, 9.17) is 10.1 Å². The summed E-state index contributed by atoms with van der Waals surface area (Å²) >= 11 is 0. The first-order valence-electron chi connectivity index (χ1n) is 5.93. The van der Waals surface area contributed by atoms with Crippen LogP contribution in [0.15, 0.2) is 12.1 Å².